The molecule has 1 aromatic heterocycles. The summed E-state index contributed by atoms with van der Waals surface area (Å²) >= 11 is 18.7. The van der Waals surface area contributed by atoms with E-state index in [0.29, 0.717) is 44.2 Å². The number of nitrogens with one attached hydrogen (secondary N) is 1. The van der Waals surface area contributed by atoms with Crippen molar-refractivity contribution in [2.45, 2.75) is 31.9 Å². The second-order valence-corrected chi connectivity index (χ2v) is 11.5. The van der Waals surface area contributed by atoms with Gasteiger partial charge in [-0.15, -0.1) is 0 Å². The Morgan fingerprint density at radius 3 is 2.28 bits per heavy atom. The van der Waals surface area contributed by atoms with Crippen LogP contribution in [0.2, 0.25) is 15.1 Å². The molecule has 168 valence electrons. The molecule has 0 bridgehead atoms. The van der Waals surface area contributed by atoms with Gasteiger partial charge in [-0.25, -0.2) is 18.1 Å². The number of halogens is 3. The Kier molecular flexibility index (Phi) is 6.20. The lowest BCUT2D eigenvalue weighted by Gasteiger charge is -2.37. The van der Waals surface area contributed by atoms with E-state index in [1.807, 2.05) is 32.0 Å². The van der Waals surface area contributed by atoms with Crippen LogP contribution in [-0.4, -0.2) is 25.3 Å². The third kappa shape index (κ3) is 5.05. The standard InChI is InChI=1S/C23H21Cl3N2O3S/c1-23(2)12-20(28-32(3,29)30)18-11-17(13-4-6-14(24)7-5-13)21(27-22(18)31-23)16-9-8-15(25)10-19(16)26/h4-11,20,28H,12H2,1-3H3. The maximum absolute atomic E-state index is 12.1. The SMILES string of the molecule is CC1(C)CC(NS(C)(=O)=O)c2cc(-c3ccc(Cl)cc3)c(-c3ccc(Cl)cc3Cl)nc2O1. The molecule has 5 nitrogen and oxygen atoms in total. The molecule has 0 aliphatic carbocycles. The summed E-state index contributed by atoms with van der Waals surface area (Å²) in [6.07, 6.45) is 1.60. The molecule has 0 saturated carbocycles. The molecule has 4 rings (SSSR count). The fraction of sp³-hybridized carbons (Fsp3) is 0.261. The summed E-state index contributed by atoms with van der Waals surface area (Å²) in [6, 6.07) is 14.0. The molecule has 0 amide bonds. The Balaban J connectivity index is 1.98. The van der Waals surface area contributed by atoms with E-state index in [-0.39, 0.29) is 0 Å². The lowest BCUT2D eigenvalue weighted by atomic mass is 9.89. The fourth-order valence-corrected chi connectivity index (χ4v) is 5.20. The van der Waals surface area contributed by atoms with Gasteiger partial charge in [0.2, 0.25) is 15.9 Å². The molecule has 1 aliphatic rings. The molecule has 0 spiro atoms. The Labute approximate surface area is 202 Å². The zero-order valence-corrected chi connectivity index (χ0v) is 20.7. The first-order chi connectivity index (χ1) is 14.9. The van der Waals surface area contributed by atoms with Crippen LogP contribution in [0.3, 0.4) is 0 Å². The van der Waals surface area contributed by atoms with E-state index < -0.39 is 21.7 Å². The number of nitrogens with zero attached hydrogens (tertiary/aromatic N) is 1. The molecule has 9 heteroatoms. The van der Waals surface area contributed by atoms with Gasteiger partial charge in [0, 0.05) is 33.2 Å². The van der Waals surface area contributed by atoms with Gasteiger partial charge in [-0.05, 0) is 55.8 Å². The summed E-state index contributed by atoms with van der Waals surface area (Å²) in [7, 11) is -3.46. The number of benzene rings is 2. The summed E-state index contributed by atoms with van der Waals surface area (Å²) in [5.41, 5.74) is 2.95. The number of hydrogen-bond donors (Lipinski definition) is 1. The predicted molar refractivity (Wildman–Crippen MR) is 130 cm³/mol. The van der Waals surface area contributed by atoms with Crippen molar-refractivity contribution in [2.75, 3.05) is 6.26 Å². The minimum atomic E-state index is -3.46. The zero-order valence-electron chi connectivity index (χ0n) is 17.6. The van der Waals surface area contributed by atoms with Gasteiger partial charge in [0.15, 0.2) is 0 Å². The van der Waals surface area contributed by atoms with Crippen LogP contribution >= 0.6 is 34.8 Å². The van der Waals surface area contributed by atoms with Crippen LogP contribution in [0.15, 0.2) is 48.5 Å². The number of fused-ring (bicyclic) bond motifs is 1. The predicted octanol–water partition coefficient (Wildman–Crippen LogP) is 6.53. The molecule has 0 radical (unpaired) electrons. The monoisotopic (exact) mass is 510 g/mol. The Hall–Kier alpha value is -1.83. The normalized spacial score (nSPS) is 17.5. The Morgan fingerprint density at radius 2 is 1.66 bits per heavy atom. The molecule has 0 fully saturated rings. The average Bonchev–Trinajstić information content (AvgIpc) is 2.66. The molecule has 3 aromatic rings. The van der Waals surface area contributed by atoms with E-state index in [4.69, 9.17) is 44.5 Å². The summed E-state index contributed by atoms with van der Waals surface area (Å²) in [4.78, 5) is 4.83. The smallest absolute Gasteiger partial charge is 0.219 e. The third-order valence-electron chi connectivity index (χ3n) is 5.16. The van der Waals surface area contributed by atoms with E-state index in [1.54, 1.807) is 30.3 Å². The molecule has 1 aliphatic heterocycles. The van der Waals surface area contributed by atoms with Crippen molar-refractivity contribution in [3.63, 3.8) is 0 Å². The number of ether oxygens (including phenoxy) is 1. The number of pyridine rings is 1. The molecular weight excluding hydrogens is 491 g/mol. The average molecular weight is 512 g/mol. The fourth-order valence-electron chi connectivity index (χ4n) is 3.85. The summed E-state index contributed by atoms with van der Waals surface area (Å²) in [6.45, 7) is 3.80. The van der Waals surface area contributed by atoms with Crippen molar-refractivity contribution in [2.24, 2.45) is 0 Å². The topological polar surface area (TPSA) is 68.3 Å². The maximum Gasteiger partial charge on any atom is 0.219 e. The highest BCUT2D eigenvalue weighted by molar-refractivity contribution is 7.88. The minimum Gasteiger partial charge on any atom is -0.471 e. The van der Waals surface area contributed by atoms with Gasteiger partial charge in [-0.2, -0.15) is 0 Å². The van der Waals surface area contributed by atoms with Crippen LogP contribution in [0, 0.1) is 0 Å². The first-order valence-corrected chi connectivity index (χ1v) is 12.9. The zero-order chi connectivity index (χ0) is 23.3. The van der Waals surface area contributed by atoms with Gasteiger partial charge in [-0.3, -0.25) is 0 Å². The second-order valence-electron chi connectivity index (χ2n) is 8.42. The largest absolute Gasteiger partial charge is 0.471 e. The van der Waals surface area contributed by atoms with E-state index in [0.717, 1.165) is 17.4 Å². The van der Waals surface area contributed by atoms with Crippen LogP contribution in [0.4, 0.5) is 0 Å². The summed E-state index contributed by atoms with van der Waals surface area (Å²) in [5, 5.41) is 1.56. The highest BCUT2D eigenvalue weighted by atomic mass is 35.5. The molecule has 1 atom stereocenters. The van der Waals surface area contributed by atoms with E-state index in [2.05, 4.69) is 4.72 Å². The summed E-state index contributed by atoms with van der Waals surface area (Å²) in [5.74, 6) is 0.362. The Morgan fingerprint density at radius 1 is 1.00 bits per heavy atom. The molecule has 2 heterocycles. The van der Waals surface area contributed by atoms with Gasteiger partial charge < -0.3 is 4.74 Å². The van der Waals surface area contributed by atoms with Gasteiger partial charge in [0.1, 0.15) is 5.60 Å². The van der Waals surface area contributed by atoms with Crippen LogP contribution in [-0.2, 0) is 10.0 Å². The van der Waals surface area contributed by atoms with E-state index in [1.165, 1.54) is 0 Å². The molecule has 1 unspecified atom stereocenters. The lowest BCUT2D eigenvalue weighted by Crippen LogP contribution is -2.41. The highest BCUT2D eigenvalue weighted by Gasteiger charge is 2.37. The van der Waals surface area contributed by atoms with Crippen LogP contribution in [0.5, 0.6) is 5.88 Å². The number of aromatic nitrogens is 1. The highest BCUT2D eigenvalue weighted by Crippen LogP contribution is 2.45. The van der Waals surface area contributed by atoms with E-state index >= 15 is 0 Å². The van der Waals surface area contributed by atoms with Crippen LogP contribution in [0.25, 0.3) is 22.4 Å². The maximum atomic E-state index is 12.1. The van der Waals surface area contributed by atoms with Crippen molar-refractivity contribution < 1.29 is 13.2 Å². The van der Waals surface area contributed by atoms with Crippen molar-refractivity contribution in [1.82, 2.24) is 9.71 Å². The first-order valence-electron chi connectivity index (χ1n) is 9.84. The van der Waals surface area contributed by atoms with Gasteiger partial charge >= 0.3 is 0 Å². The molecule has 2 aromatic carbocycles. The number of sulfonamides is 1. The van der Waals surface area contributed by atoms with Crippen molar-refractivity contribution in [1.29, 1.82) is 0 Å². The van der Waals surface area contributed by atoms with Crippen molar-refractivity contribution >= 4 is 44.8 Å². The number of rotatable bonds is 4. The first kappa shape index (κ1) is 23.3. The third-order valence-corrected chi connectivity index (χ3v) is 6.67. The lowest BCUT2D eigenvalue weighted by molar-refractivity contribution is 0.0644. The quantitative estimate of drug-likeness (QED) is 0.432. The molecule has 0 saturated heterocycles. The Bertz CT molecular complexity index is 1290. The second kappa shape index (κ2) is 8.50. The summed E-state index contributed by atoms with van der Waals surface area (Å²) < 4.78 is 33.0. The van der Waals surface area contributed by atoms with Crippen molar-refractivity contribution in [3.8, 4) is 28.3 Å². The van der Waals surface area contributed by atoms with Gasteiger partial charge in [0.05, 0.1) is 23.0 Å². The molecule has 32 heavy (non-hydrogen) atoms. The van der Waals surface area contributed by atoms with Gasteiger partial charge in [-0.1, -0.05) is 46.9 Å². The van der Waals surface area contributed by atoms with E-state index in [9.17, 15) is 8.42 Å². The molecular formula is C23H21Cl3N2O3S. The van der Waals surface area contributed by atoms with Crippen molar-refractivity contribution in [3.05, 3.63) is 69.2 Å². The molecule has 1 N–H and O–H groups in total. The minimum absolute atomic E-state index is 0.362. The van der Waals surface area contributed by atoms with Crippen LogP contribution < -0.4 is 9.46 Å². The van der Waals surface area contributed by atoms with Gasteiger partial charge in [0.25, 0.3) is 0 Å². The van der Waals surface area contributed by atoms with Crippen LogP contribution in [0.1, 0.15) is 31.9 Å². The number of hydrogen-bond acceptors (Lipinski definition) is 4.